The van der Waals surface area contributed by atoms with Gasteiger partial charge < -0.3 is 14.7 Å². The van der Waals surface area contributed by atoms with Crippen LogP contribution in [0.1, 0.15) is 37.3 Å². The highest BCUT2D eigenvalue weighted by molar-refractivity contribution is 6.01. The maximum Gasteiger partial charge on any atom is 0.228 e. The first-order valence-corrected chi connectivity index (χ1v) is 9.30. The van der Waals surface area contributed by atoms with E-state index in [0.29, 0.717) is 38.6 Å². The van der Waals surface area contributed by atoms with Crippen LogP contribution in [0.2, 0.25) is 0 Å². The number of nitrogens with zero attached hydrogens (tertiary/aromatic N) is 3. The highest BCUT2D eigenvalue weighted by Gasteiger charge is 2.39. The summed E-state index contributed by atoms with van der Waals surface area (Å²) in [6.07, 6.45) is 1.09. The van der Waals surface area contributed by atoms with E-state index in [0.717, 1.165) is 23.2 Å². The average Bonchev–Trinajstić information content (AvgIpc) is 3.02. The first kappa shape index (κ1) is 18.4. The quantitative estimate of drug-likeness (QED) is 0.772. The van der Waals surface area contributed by atoms with Gasteiger partial charge in [-0.1, -0.05) is 32.0 Å². The Hall–Kier alpha value is -2.37. The monoisotopic (exact) mass is 357 g/mol. The summed E-state index contributed by atoms with van der Waals surface area (Å²) in [5, 5.41) is 0. The van der Waals surface area contributed by atoms with Crippen molar-refractivity contribution in [2.75, 3.05) is 37.6 Å². The Balaban J connectivity index is 1.76. The van der Waals surface area contributed by atoms with Crippen molar-refractivity contribution in [2.24, 2.45) is 5.92 Å². The molecule has 2 fully saturated rings. The van der Waals surface area contributed by atoms with Crippen LogP contribution in [0.25, 0.3) is 0 Å². The molecular weight excluding hydrogens is 330 g/mol. The Kier molecular flexibility index (Phi) is 5.30. The molecule has 1 unspecified atom stereocenters. The highest BCUT2D eigenvalue weighted by atomic mass is 16.2. The van der Waals surface area contributed by atoms with Gasteiger partial charge in [-0.05, 0) is 24.0 Å². The molecule has 2 saturated heterocycles. The van der Waals surface area contributed by atoms with Crippen molar-refractivity contribution in [1.82, 2.24) is 9.80 Å². The van der Waals surface area contributed by atoms with Crippen molar-refractivity contribution in [2.45, 2.75) is 33.1 Å². The first-order valence-electron chi connectivity index (χ1n) is 9.30. The van der Waals surface area contributed by atoms with Gasteiger partial charge in [-0.2, -0.15) is 0 Å². The van der Waals surface area contributed by atoms with Crippen LogP contribution < -0.4 is 4.90 Å². The maximum atomic E-state index is 12.9. The molecular formula is C20H27N3O3. The van der Waals surface area contributed by atoms with Crippen LogP contribution >= 0.6 is 0 Å². The summed E-state index contributed by atoms with van der Waals surface area (Å²) >= 11 is 0. The van der Waals surface area contributed by atoms with E-state index >= 15 is 0 Å². The topological polar surface area (TPSA) is 60.9 Å². The lowest BCUT2D eigenvalue weighted by Gasteiger charge is -2.34. The van der Waals surface area contributed by atoms with E-state index in [1.54, 1.807) is 14.7 Å². The summed E-state index contributed by atoms with van der Waals surface area (Å²) in [4.78, 5) is 41.7. The van der Waals surface area contributed by atoms with Gasteiger partial charge >= 0.3 is 0 Å². The van der Waals surface area contributed by atoms with E-state index in [9.17, 15) is 14.4 Å². The van der Waals surface area contributed by atoms with Crippen molar-refractivity contribution < 1.29 is 14.4 Å². The van der Waals surface area contributed by atoms with E-state index in [1.165, 1.54) is 0 Å². The van der Waals surface area contributed by atoms with Crippen molar-refractivity contribution in [3.8, 4) is 0 Å². The Labute approximate surface area is 154 Å². The molecule has 0 aromatic heterocycles. The maximum absolute atomic E-state index is 12.9. The minimum atomic E-state index is -0.301. The van der Waals surface area contributed by atoms with Gasteiger partial charge in [0.1, 0.15) is 0 Å². The molecule has 3 rings (SSSR count). The number of hydrogen-bond acceptors (Lipinski definition) is 3. The number of carbonyl (C=O) groups is 3. The fraction of sp³-hybridized carbons (Fsp3) is 0.550. The molecule has 6 heteroatoms. The van der Waals surface area contributed by atoms with E-state index in [4.69, 9.17) is 0 Å². The normalized spacial score (nSPS) is 20.8. The summed E-state index contributed by atoms with van der Waals surface area (Å²) in [5.41, 5.74) is 3.18. The third-order valence-electron chi connectivity index (χ3n) is 5.41. The molecule has 1 atom stereocenters. The minimum absolute atomic E-state index is 0.0195. The molecule has 2 aliphatic heterocycles. The third-order valence-corrected chi connectivity index (χ3v) is 5.41. The molecule has 0 radical (unpaired) electrons. The summed E-state index contributed by atoms with van der Waals surface area (Å²) in [6, 6.07) is 6.10. The predicted molar refractivity (Wildman–Crippen MR) is 99.9 cm³/mol. The van der Waals surface area contributed by atoms with Crippen LogP contribution in [0.15, 0.2) is 18.2 Å². The Morgan fingerprint density at radius 2 is 1.88 bits per heavy atom. The zero-order valence-electron chi connectivity index (χ0n) is 15.8. The number of para-hydroxylation sites is 1. The lowest BCUT2D eigenvalue weighted by atomic mass is 9.97. The molecule has 0 N–H and O–H groups in total. The van der Waals surface area contributed by atoms with Crippen molar-refractivity contribution >= 4 is 23.9 Å². The number of rotatable bonds is 4. The fourth-order valence-corrected chi connectivity index (χ4v) is 3.91. The van der Waals surface area contributed by atoms with Gasteiger partial charge in [-0.3, -0.25) is 14.4 Å². The van der Waals surface area contributed by atoms with Crippen LogP contribution in [0.5, 0.6) is 0 Å². The van der Waals surface area contributed by atoms with Gasteiger partial charge in [-0.15, -0.1) is 0 Å². The van der Waals surface area contributed by atoms with Gasteiger partial charge in [0, 0.05) is 44.8 Å². The molecule has 0 saturated carbocycles. The zero-order valence-corrected chi connectivity index (χ0v) is 15.8. The number of amides is 3. The van der Waals surface area contributed by atoms with E-state index in [2.05, 4.69) is 19.9 Å². The molecule has 6 nitrogen and oxygen atoms in total. The lowest BCUT2D eigenvalue weighted by Crippen LogP contribution is -2.50. The van der Waals surface area contributed by atoms with Crippen LogP contribution in [0, 0.1) is 12.8 Å². The molecule has 1 aromatic rings. The molecule has 0 bridgehead atoms. The number of aryl methyl sites for hydroxylation is 1. The summed E-state index contributed by atoms with van der Waals surface area (Å²) in [7, 11) is 0. The van der Waals surface area contributed by atoms with E-state index in [-0.39, 0.29) is 24.2 Å². The van der Waals surface area contributed by atoms with Crippen LogP contribution in [0.4, 0.5) is 5.69 Å². The Bertz CT molecular complexity index is 708. The average molecular weight is 357 g/mol. The second-order valence-electron chi connectivity index (χ2n) is 7.54. The second-order valence-corrected chi connectivity index (χ2v) is 7.54. The van der Waals surface area contributed by atoms with Gasteiger partial charge in [0.25, 0.3) is 0 Å². The summed E-state index contributed by atoms with van der Waals surface area (Å²) in [6.45, 7) is 8.91. The Morgan fingerprint density at radius 3 is 2.50 bits per heavy atom. The van der Waals surface area contributed by atoms with E-state index in [1.807, 2.05) is 19.1 Å². The molecule has 0 spiro atoms. The van der Waals surface area contributed by atoms with Crippen molar-refractivity contribution in [3.63, 3.8) is 0 Å². The van der Waals surface area contributed by atoms with Crippen LogP contribution in [-0.4, -0.2) is 60.7 Å². The first-order chi connectivity index (χ1) is 12.4. The molecule has 26 heavy (non-hydrogen) atoms. The van der Waals surface area contributed by atoms with Crippen molar-refractivity contribution in [3.05, 3.63) is 29.3 Å². The van der Waals surface area contributed by atoms with Gasteiger partial charge in [0.05, 0.1) is 5.92 Å². The minimum Gasteiger partial charge on any atom is -0.342 e. The second kappa shape index (κ2) is 7.48. The lowest BCUT2D eigenvalue weighted by molar-refractivity contribution is -0.139. The Morgan fingerprint density at radius 1 is 1.19 bits per heavy atom. The smallest absolute Gasteiger partial charge is 0.228 e. The van der Waals surface area contributed by atoms with Crippen LogP contribution in [-0.2, 0) is 14.4 Å². The van der Waals surface area contributed by atoms with E-state index < -0.39 is 0 Å². The number of anilines is 1. The largest absolute Gasteiger partial charge is 0.342 e. The summed E-state index contributed by atoms with van der Waals surface area (Å²) < 4.78 is 0. The van der Waals surface area contributed by atoms with Gasteiger partial charge in [0.2, 0.25) is 18.2 Å². The highest BCUT2D eigenvalue weighted by Crippen LogP contribution is 2.35. The number of benzene rings is 1. The standard InChI is InChI=1S/C20H27N3O3/c1-14(2)17-6-4-5-15(3)19(17)23-12-16(11-18(23)25)20(26)22-9-7-21(13-24)8-10-22/h4-6,13-14,16H,7-12H2,1-3H3. The molecule has 2 heterocycles. The summed E-state index contributed by atoms with van der Waals surface area (Å²) in [5.74, 6) is 0.0610. The van der Waals surface area contributed by atoms with Gasteiger partial charge in [-0.25, -0.2) is 0 Å². The number of hydrogen-bond donors (Lipinski definition) is 0. The number of carbonyl (C=O) groups excluding carboxylic acids is 3. The molecule has 0 aliphatic carbocycles. The zero-order chi connectivity index (χ0) is 18.8. The number of piperazine rings is 1. The van der Waals surface area contributed by atoms with Crippen molar-refractivity contribution in [1.29, 1.82) is 0 Å². The third kappa shape index (κ3) is 3.45. The van der Waals surface area contributed by atoms with Crippen LogP contribution in [0.3, 0.4) is 0 Å². The van der Waals surface area contributed by atoms with Gasteiger partial charge in [0.15, 0.2) is 0 Å². The SMILES string of the molecule is Cc1cccc(C(C)C)c1N1CC(C(=O)N2CCN(C=O)CC2)CC1=O. The molecule has 140 valence electrons. The molecule has 3 amide bonds. The fourth-order valence-electron chi connectivity index (χ4n) is 3.91. The molecule has 1 aromatic carbocycles. The predicted octanol–water partition coefficient (Wildman–Crippen LogP) is 1.77. The molecule has 2 aliphatic rings.